The molecule has 0 aliphatic carbocycles. The molecule has 0 aliphatic rings. The van der Waals surface area contributed by atoms with E-state index in [2.05, 4.69) is 0 Å². The first-order valence-corrected chi connectivity index (χ1v) is 4.19. The highest BCUT2D eigenvalue weighted by Gasteiger charge is 2.12. The van der Waals surface area contributed by atoms with Gasteiger partial charge in [0.1, 0.15) is 0 Å². The molecular formula is C9H9NO5. The lowest BCUT2D eigenvalue weighted by molar-refractivity contribution is -0.385. The molecule has 0 spiro atoms. The van der Waals surface area contributed by atoms with Gasteiger partial charge in [-0.1, -0.05) is 6.07 Å². The van der Waals surface area contributed by atoms with Crippen LogP contribution in [0.1, 0.15) is 12.0 Å². The second-order valence-corrected chi connectivity index (χ2v) is 2.97. The zero-order valence-electron chi connectivity index (χ0n) is 7.71. The van der Waals surface area contributed by atoms with Gasteiger partial charge < -0.3 is 10.2 Å². The van der Waals surface area contributed by atoms with Crippen molar-refractivity contribution in [2.24, 2.45) is 0 Å². The van der Waals surface area contributed by atoms with Crippen LogP contribution in [0.25, 0.3) is 0 Å². The van der Waals surface area contributed by atoms with Crippen molar-refractivity contribution in [2.75, 3.05) is 0 Å². The molecule has 0 bridgehead atoms. The van der Waals surface area contributed by atoms with Gasteiger partial charge in [-0.2, -0.15) is 0 Å². The van der Waals surface area contributed by atoms with Crippen LogP contribution in [0.4, 0.5) is 5.69 Å². The van der Waals surface area contributed by atoms with Gasteiger partial charge in [0.25, 0.3) is 0 Å². The first-order valence-electron chi connectivity index (χ1n) is 4.19. The van der Waals surface area contributed by atoms with Crippen molar-refractivity contribution in [2.45, 2.75) is 12.8 Å². The number of nitro benzene ring substituents is 1. The summed E-state index contributed by atoms with van der Waals surface area (Å²) in [7, 11) is 0. The Labute approximate surface area is 84.9 Å². The van der Waals surface area contributed by atoms with Gasteiger partial charge in [0.15, 0.2) is 5.75 Å². The van der Waals surface area contributed by atoms with Gasteiger partial charge in [-0.25, -0.2) is 0 Å². The zero-order valence-corrected chi connectivity index (χ0v) is 7.71. The Bertz CT molecular complexity index is 401. The molecule has 0 atom stereocenters. The molecule has 2 N–H and O–H groups in total. The molecule has 0 saturated heterocycles. The van der Waals surface area contributed by atoms with Crippen molar-refractivity contribution in [3.8, 4) is 5.75 Å². The molecule has 0 amide bonds. The third kappa shape index (κ3) is 2.94. The van der Waals surface area contributed by atoms with E-state index in [1.165, 1.54) is 12.1 Å². The zero-order chi connectivity index (χ0) is 11.4. The van der Waals surface area contributed by atoms with E-state index in [0.29, 0.717) is 5.56 Å². The predicted molar refractivity (Wildman–Crippen MR) is 50.7 cm³/mol. The number of aryl methyl sites for hydroxylation is 1. The van der Waals surface area contributed by atoms with E-state index in [1.54, 1.807) is 0 Å². The number of carboxylic acid groups (broad SMARTS) is 1. The molecule has 1 aromatic rings. The van der Waals surface area contributed by atoms with E-state index < -0.39 is 16.6 Å². The van der Waals surface area contributed by atoms with E-state index in [9.17, 15) is 20.0 Å². The SMILES string of the molecule is O=C(O)CCc1ccc([N+](=O)[O-])c(O)c1. The Kier molecular flexibility index (Phi) is 3.22. The molecule has 15 heavy (non-hydrogen) atoms. The number of phenolic OH excluding ortho intramolecular Hbond substituents is 1. The van der Waals surface area contributed by atoms with Gasteiger partial charge >= 0.3 is 11.7 Å². The van der Waals surface area contributed by atoms with Crippen LogP contribution in [0.3, 0.4) is 0 Å². The van der Waals surface area contributed by atoms with Crippen molar-refractivity contribution in [1.29, 1.82) is 0 Å². The van der Waals surface area contributed by atoms with Crippen LogP contribution in [-0.2, 0) is 11.2 Å². The fraction of sp³-hybridized carbons (Fsp3) is 0.222. The average molecular weight is 211 g/mol. The molecule has 6 nitrogen and oxygen atoms in total. The summed E-state index contributed by atoms with van der Waals surface area (Å²) in [6.45, 7) is 0. The summed E-state index contributed by atoms with van der Waals surface area (Å²) in [5.74, 6) is -1.39. The smallest absolute Gasteiger partial charge is 0.310 e. The number of phenols is 1. The van der Waals surface area contributed by atoms with Gasteiger partial charge in [0.05, 0.1) is 4.92 Å². The van der Waals surface area contributed by atoms with Crippen molar-refractivity contribution < 1.29 is 19.9 Å². The molecule has 1 rings (SSSR count). The normalized spacial score (nSPS) is 9.87. The summed E-state index contributed by atoms with van der Waals surface area (Å²) in [4.78, 5) is 19.9. The summed E-state index contributed by atoms with van der Waals surface area (Å²) < 4.78 is 0. The van der Waals surface area contributed by atoms with Crippen molar-refractivity contribution in [3.05, 3.63) is 33.9 Å². The highest BCUT2D eigenvalue weighted by Crippen LogP contribution is 2.26. The average Bonchev–Trinajstić information content (AvgIpc) is 2.14. The van der Waals surface area contributed by atoms with Gasteiger partial charge in [0.2, 0.25) is 0 Å². The molecule has 0 radical (unpaired) electrons. The van der Waals surface area contributed by atoms with E-state index in [4.69, 9.17) is 5.11 Å². The van der Waals surface area contributed by atoms with Crippen molar-refractivity contribution >= 4 is 11.7 Å². The Morgan fingerprint density at radius 1 is 1.47 bits per heavy atom. The largest absolute Gasteiger partial charge is 0.502 e. The maximum atomic E-state index is 10.4. The third-order valence-corrected chi connectivity index (χ3v) is 1.86. The molecule has 80 valence electrons. The molecule has 0 saturated carbocycles. The minimum absolute atomic E-state index is 0.0722. The number of hydrogen-bond acceptors (Lipinski definition) is 4. The standard InChI is InChI=1S/C9H9NO5/c11-8-5-6(2-4-9(12)13)1-3-7(8)10(14)15/h1,3,5,11H,2,4H2,(H,12,13). The predicted octanol–water partition coefficient (Wildman–Crippen LogP) is 1.32. The van der Waals surface area contributed by atoms with Crippen LogP contribution in [0.15, 0.2) is 18.2 Å². The second kappa shape index (κ2) is 4.41. The number of rotatable bonds is 4. The summed E-state index contributed by atoms with van der Waals surface area (Å²) >= 11 is 0. The molecule has 0 fully saturated rings. The van der Waals surface area contributed by atoms with E-state index >= 15 is 0 Å². The lowest BCUT2D eigenvalue weighted by Gasteiger charge is -2.00. The Morgan fingerprint density at radius 3 is 2.60 bits per heavy atom. The van der Waals surface area contributed by atoms with Crippen LogP contribution >= 0.6 is 0 Å². The maximum Gasteiger partial charge on any atom is 0.310 e. The number of nitro groups is 1. The Hall–Kier alpha value is -2.11. The number of carboxylic acids is 1. The van der Waals surface area contributed by atoms with Crippen LogP contribution in [0, 0.1) is 10.1 Å². The molecule has 0 aliphatic heterocycles. The molecular weight excluding hydrogens is 202 g/mol. The molecule has 0 unspecified atom stereocenters. The highest BCUT2D eigenvalue weighted by molar-refractivity contribution is 5.67. The molecule has 6 heteroatoms. The van der Waals surface area contributed by atoms with E-state index in [0.717, 1.165) is 6.07 Å². The Balaban J connectivity index is 2.82. The second-order valence-electron chi connectivity index (χ2n) is 2.97. The topological polar surface area (TPSA) is 101 Å². The molecule has 1 aromatic carbocycles. The summed E-state index contributed by atoms with van der Waals surface area (Å²) in [6, 6.07) is 3.80. The number of aliphatic carboxylic acids is 1. The summed E-state index contributed by atoms with van der Waals surface area (Å²) in [5, 5.41) is 28.0. The van der Waals surface area contributed by atoms with Gasteiger partial charge in [-0.05, 0) is 18.1 Å². The lowest BCUT2D eigenvalue weighted by atomic mass is 10.1. The van der Waals surface area contributed by atoms with Crippen LogP contribution in [0.5, 0.6) is 5.75 Å². The minimum Gasteiger partial charge on any atom is -0.502 e. The van der Waals surface area contributed by atoms with Crippen LogP contribution in [0.2, 0.25) is 0 Å². The van der Waals surface area contributed by atoms with Crippen LogP contribution < -0.4 is 0 Å². The number of carbonyl (C=O) groups is 1. The number of aromatic hydroxyl groups is 1. The lowest BCUT2D eigenvalue weighted by Crippen LogP contribution is -1.97. The quantitative estimate of drug-likeness (QED) is 0.577. The fourth-order valence-corrected chi connectivity index (χ4v) is 1.13. The highest BCUT2D eigenvalue weighted by atomic mass is 16.6. The van der Waals surface area contributed by atoms with Gasteiger partial charge in [0, 0.05) is 12.5 Å². The first-order chi connectivity index (χ1) is 7.00. The number of nitrogens with zero attached hydrogens (tertiary/aromatic N) is 1. The van der Waals surface area contributed by atoms with E-state index in [-0.39, 0.29) is 18.5 Å². The number of benzene rings is 1. The van der Waals surface area contributed by atoms with E-state index in [1.807, 2.05) is 0 Å². The third-order valence-electron chi connectivity index (χ3n) is 1.86. The summed E-state index contributed by atoms with van der Waals surface area (Å²) in [6.07, 6.45) is 0.165. The molecule has 0 aromatic heterocycles. The van der Waals surface area contributed by atoms with Crippen molar-refractivity contribution in [3.63, 3.8) is 0 Å². The first kappa shape index (κ1) is 11.0. The summed E-state index contributed by atoms with van der Waals surface area (Å²) in [5.41, 5.74) is 0.176. The Morgan fingerprint density at radius 2 is 2.13 bits per heavy atom. The van der Waals surface area contributed by atoms with Gasteiger partial charge in [-0.3, -0.25) is 14.9 Å². The van der Waals surface area contributed by atoms with Gasteiger partial charge in [-0.15, -0.1) is 0 Å². The fourth-order valence-electron chi connectivity index (χ4n) is 1.13. The monoisotopic (exact) mass is 211 g/mol. The maximum absolute atomic E-state index is 10.4. The minimum atomic E-state index is -0.951. The van der Waals surface area contributed by atoms with Crippen LogP contribution in [-0.4, -0.2) is 21.1 Å². The molecule has 0 heterocycles. The van der Waals surface area contributed by atoms with Crippen molar-refractivity contribution in [1.82, 2.24) is 0 Å². The number of hydrogen-bond donors (Lipinski definition) is 2.